The maximum atomic E-state index is 6.02. The van der Waals surface area contributed by atoms with Crippen molar-refractivity contribution in [2.75, 3.05) is 0 Å². The van der Waals surface area contributed by atoms with Crippen LogP contribution in [0.15, 0.2) is 36.0 Å². The lowest BCUT2D eigenvalue weighted by Gasteiger charge is -2.18. The van der Waals surface area contributed by atoms with Gasteiger partial charge in [-0.05, 0) is 13.0 Å². The zero-order valence-electron chi connectivity index (χ0n) is 9.82. The Balaban J connectivity index is 2.19. The van der Waals surface area contributed by atoms with E-state index in [0.717, 1.165) is 10.6 Å². The molecule has 0 aliphatic carbocycles. The summed E-state index contributed by atoms with van der Waals surface area (Å²) in [4.78, 5) is 8.10. The topological polar surface area (TPSA) is 69.6 Å². The third-order valence-electron chi connectivity index (χ3n) is 2.33. The van der Waals surface area contributed by atoms with Crippen LogP contribution in [-0.2, 0) is 7.05 Å². The number of aryl methyl sites for hydroxylation is 1. The number of nitrogens with zero attached hydrogens (tertiary/aromatic N) is 4. The first-order chi connectivity index (χ1) is 8.16. The highest BCUT2D eigenvalue weighted by atomic mass is 32.2. The lowest BCUT2D eigenvalue weighted by molar-refractivity contribution is 0.717. The van der Waals surface area contributed by atoms with Crippen LogP contribution >= 0.6 is 11.8 Å². The van der Waals surface area contributed by atoms with Crippen LogP contribution in [0.25, 0.3) is 0 Å². The fourth-order valence-electron chi connectivity index (χ4n) is 1.54. The Kier molecular flexibility index (Phi) is 3.75. The van der Waals surface area contributed by atoms with Gasteiger partial charge in [-0.25, -0.2) is 9.97 Å². The van der Waals surface area contributed by atoms with Crippen molar-refractivity contribution >= 4 is 11.8 Å². The zero-order valence-corrected chi connectivity index (χ0v) is 10.6. The van der Waals surface area contributed by atoms with Crippen LogP contribution in [0, 0.1) is 0 Å². The van der Waals surface area contributed by atoms with Crippen LogP contribution in [0.5, 0.6) is 0 Å². The fourth-order valence-corrected chi connectivity index (χ4v) is 2.52. The van der Waals surface area contributed by atoms with Crippen molar-refractivity contribution in [1.29, 1.82) is 0 Å². The number of aromatic nitrogens is 4. The summed E-state index contributed by atoms with van der Waals surface area (Å²) in [6.07, 6.45) is 7.12. The normalized spacial score (nSPS) is 14.5. The first kappa shape index (κ1) is 12.1. The SMILES string of the molecule is CC(N)C(Sc1ccncn1)c1cnn(C)c1. The molecule has 0 saturated carbocycles. The van der Waals surface area contributed by atoms with E-state index >= 15 is 0 Å². The summed E-state index contributed by atoms with van der Waals surface area (Å²) >= 11 is 1.63. The van der Waals surface area contributed by atoms with Gasteiger partial charge >= 0.3 is 0 Å². The second-order valence-electron chi connectivity index (χ2n) is 3.89. The van der Waals surface area contributed by atoms with Gasteiger partial charge in [-0.1, -0.05) is 11.8 Å². The molecule has 2 N–H and O–H groups in total. The molecule has 0 bridgehead atoms. The predicted molar refractivity (Wildman–Crippen MR) is 67.5 cm³/mol. The van der Waals surface area contributed by atoms with E-state index in [1.54, 1.807) is 29.0 Å². The molecule has 2 unspecified atom stereocenters. The van der Waals surface area contributed by atoms with Gasteiger partial charge in [-0.3, -0.25) is 4.68 Å². The Bertz CT molecular complexity index is 468. The van der Waals surface area contributed by atoms with Crippen LogP contribution in [-0.4, -0.2) is 25.8 Å². The smallest absolute Gasteiger partial charge is 0.116 e. The van der Waals surface area contributed by atoms with Crippen molar-refractivity contribution in [2.24, 2.45) is 12.8 Å². The molecule has 0 aliphatic rings. The summed E-state index contributed by atoms with van der Waals surface area (Å²) in [6, 6.07) is 1.91. The molecule has 90 valence electrons. The maximum absolute atomic E-state index is 6.02. The number of nitrogens with two attached hydrogens (primary N) is 1. The van der Waals surface area contributed by atoms with Crippen molar-refractivity contribution in [2.45, 2.75) is 23.2 Å². The standard InChI is InChI=1S/C11H15N5S/c1-8(12)11(9-5-15-16(2)6-9)17-10-3-4-13-7-14-10/h3-8,11H,12H2,1-2H3. The minimum absolute atomic E-state index is 0.0270. The second kappa shape index (κ2) is 5.29. The highest BCUT2D eigenvalue weighted by Crippen LogP contribution is 2.35. The van der Waals surface area contributed by atoms with Crippen LogP contribution < -0.4 is 5.73 Å². The first-order valence-electron chi connectivity index (χ1n) is 5.33. The Morgan fingerprint density at radius 1 is 1.47 bits per heavy atom. The number of rotatable bonds is 4. The molecule has 2 heterocycles. The molecule has 2 aromatic rings. The molecule has 0 fully saturated rings. The average molecular weight is 249 g/mol. The van der Waals surface area contributed by atoms with Gasteiger partial charge in [0, 0.05) is 31.0 Å². The Morgan fingerprint density at radius 2 is 2.29 bits per heavy atom. The van der Waals surface area contributed by atoms with Crippen molar-refractivity contribution in [3.05, 3.63) is 36.5 Å². The second-order valence-corrected chi connectivity index (χ2v) is 5.05. The molecule has 0 aliphatic heterocycles. The predicted octanol–water partition coefficient (Wildman–Crippen LogP) is 1.39. The van der Waals surface area contributed by atoms with E-state index in [0.29, 0.717) is 0 Å². The van der Waals surface area contributed by atoms with Gasteiger partial charge in [0.15, 0.2) is 0 Å². The monoisotopic (exact) mass is 249 g/mol. The van der Waals surface area contributed by atoms with Crippen molar-refractivity contribution in [1.82, 2.24) is 19.7 Å². The largest absolute Gasteiger partial charge is 0.327 e. The van der Waals surface area contributed by atoms with E-state index in [9.17, 15) is 0 Å². The molecule has 0 amide bonds. The van der Waals surface area contributed by atoms with Crippen LogP contribution in [0.3, 0.4) is 0 Å². The van der Waals surface area contributed by atoms with Crippen LogP contribution in [0.2, 0.25) is 0 Å². The van der Waals surface area contributed by atoms with E-state index in [1.165, 1.54) is 0 Å². The zero-order chi connectivity index (χ0) is 12.3. The molecule has 2 aromatic heterocycles. The number of hydrogen-bond donors (Lipinski definition) is 1. The molecule has 2 rings (SSSR count). The van der Waals surface area contributed by atoms with Gasteiger partial charge in [0.05, 0.1) is 16.5 Å². The molecule has 0 saturated heterocycles. The third-order valence-corrected chi connectivity index (χ3v) is 3.77. The van der Waals surface area contributed by atoms with Crippen LogP contribution in [0.1, 0.15) is 17.7 Å². The molecule has 0 aromatic carbocycles. The van der Waals surface area contributed by atoms with Gasteiger partial charge < -0.3 is 5.73 Å². The quantitative estimate of drug-likeness (QED) is 0.655. The molecule has 17 heavy (non-hydrogen) atoms. The highest BCUT2D eigenvalue weighted by molar-refractivity contribution is 7.99. The van der Waals surface area contributed by atoms with E-state index in [2.05, 4.69) is 15.1 Å². The van der Waals surface area contributed by atoms with Gasteiger partial charge in [-0.2, -0.15) is 5.10 Å². The summed E-state index contributed by atoms with van der Waals surface area (Å²) in [7, 11) is 1.90. The molecular formula is C11H15N5S. The van der Waals surface area contributed by atoms with Crippen molar-refractivity contribution < 1.29 is 0 Å². The van der Waals surface area contributed by atoms with Gasteiger partial charge in [0.2, 0.25) is 0 Å². The Hall–Kier alpha value is -1.40. The van der Waals surface area contributed by atoms with Gasteiger partial charge in [0.25, 0.3) is 0 Å². The first-order valence-corrected chi connectivity index (χ1v) is 6.21. The third kappa shape index (κ3) is 3.04. The maximum Gasteiger partial charge on any atom is 0.116 e. The number of thioether (sulfide) groups is 1. The lowest BCUT2D eigenvalue weighted by Crippen LogP contribution is -2.22. The molecule has 0 spiro atoms. The van der Waals surface area contributed by atoms with E-state index in [1.807, 2.05) is 32.4 Å². The number of hydrogen-bond acceptors (Lipinski definition) is 5. The van der Waals surface area contributed by atoms with E-state index in [4.69, 9.17) is 5.73 Å². The summed E-state index contributed by atoms with van der Waals surface area (Å²) in [5.74, 6) is 0. The summed E-state index contributed by atoms with van der Waals surface area (Å²) < 4.78 is 1.78. The van der Waals surface area contributed by atoms with Crippen molar-refractivity contribution in [3.63, 3.8) is 0 Å². The fraction of sp³-hybridized carbons (Fsp3) is 0.364. The lowest BCUT2D eigenvalue weighted by atomic mass is 10.1. The van der Waals surface area contributed by atoms with Gasteiger partial charge in [0.1, 0.15) is 6.33 Å². The van der Waals surface area contributed by atoms with E-state index < -0.39 is 0 Å². The van der Waals surface area contributed by atoms with Crippen molar-refractivity contribution in [3.8, 4) is 0 Å². The minimum Gasteiger partial charge on any atom is -0.327 e. The summed E-state index contributed by atoms with van der Waals surface area (Å²) in [5.41, 5.74) is 7.14. The molecule has 0 radical (unpaired) electrons. The molecule has 2 atom stereocenters. The molecule has 5 nitrogen and oxygen atoms in total. The van der Waals surface area contributed by atoms with E-state index in [-0.39, 0.29) is 11.3 Å². The minimum atomic E-state index is 0.0270. The Labute approximate surface area is 104 Å². The molecule has 6 heteroatoms. The summed E-state index contributed by atoms with van der Waals surface area (Å²) in [5, 5.41) is 5.25. The molecular weight excluding hydrogens is 234 g/mol. The van der Waals surface area contributed by atoms with Gasteiger partial charge in [-0.15, -0.1) is 0 Å². The Morgan fingerprint density at radius 3 is 2.82 bits per heavy atom. The highest BCUT2D eigenvalue weighted by Gasteiger charge is 2.19. The summed E-state index contributed by atoms with van der Waals surface area (Å²) in [6.45, 7) is 1.99. The average Bonchev–Trinajstić information content (AvgIpc) is 2.73. The van der Waals surface area contributed by atoms with Crippen LogP contribution in [0.4, 0.5) is 0 Å².